The van der Waals surface area contributed by atoms with E-state index in [1.54, 1.807) is 32.0 Å². The molecule has 0 bridgehead atoms. The first-order valence-corrected chi connectivity index (χ1v) is 11.9. The second-order valence-electron chi connectivity index (χ2n) is 8.67. The molecule has 3 N–H and O–H groups in total. The highest BCUT2D eigenvalue weighted by atomic mass is 16.5. The van der Waals surface area contributed by atoms with Gasteiger partial charge >= 0.3 is 18.0 Å². The summed E-state index contributed by atoms with van der Waals surface area (Å²) in [5.41, 5.74) is 2.55. The second kappa shape index (κ2) is 12.5. The molecule has 10 nitrogen and oxygen atoms in total. The average Bonchev–Trinajstić information content (AvgIpc) is 2.86. The van der Waals surface area contributed by atoms with Gasteiger partial charge in [-0.25, -0.2) is 9.59 Å². The fourth-order valence-electron chi connectivity index (χ4n) is 4.63. The van der Waals surface area contributed by atoms with Gasteiger partial charge in [-0.3, -0.25) is 9.79 Å². The topological polar surface area (TPSA) is 121 Å². The number of anilines is 1. The number of hydrogen-bond donors (Lipinski definition) is 3. The maximum absolute atomic E-state index is 12.7. The normalized spacial score (nSPS) is 20.6. The highest BCUT2D eigenvalue weighted by molar-refractivity contribution is 6.07. The Kier molecular flexibility index (Phi) is 9.39. The number of urea groups is 1. The SMILES string of the molecule is COC(=O)C1=C(C)N=C(C)C(C(=O)OC)C1c1cccc(NC(=O)NCCCN2CCNCC2)c1. The molecule has 1 aromatic rings. The van der Waals surface area contributed by atoms with Crippen LogP contribution in [0.3, 0.4) is 0 Å². The molecule has 190 valence electrons. The number of piperazine rings is 1. The van der Waals surface area contributed by atoms with E-state index in [1.165, 1.54) is 14.2 Å². The van der Waals surface area contributed by atoms with Crippen LogP contribution in [-0.2, 0) is 19.1 Å². The zero-order chi connectivity index (χ0) is 25.4. The highest BCUT2D eigenvalue weighted by Crippen LogP contribution is 2.40. The number of benzene rings is 1. The van der Waals surface area contributed by atoms with Crippen LogP contribution in [0.4, 0.5) is 10.5 Å². The first-order chi connectivity index (χ1) is 16.8. The van der Waals surface area contributed by atoms with Crippen molar-refractivity contribution in [1.82, 2.24) is 15.5 Å². The molecule has 0 saturated carbocycles. The molecule has 0 radical (unpaired) electrons. The number of allylic oxidation sites excluding steroid dienone is 1. The van der Waals surface area contributed by atoms with Gasteiger partial charge in [0.1, 0.15) is 5.92 Å². The van der Waals surface area contributed by atoms with Crippen LogP contribution >= 0.6 is 0 Å². The molecule has 2 atom stereocenters. The molecule has 2 heterocycles. The number of carbonyl (C=O) groups excluding carboxylic acids is 3. The molecule has 0 aliphatic carbocycles. The van der Waals surface area contributed by atoms with Gasteiger partial charge in [0.15, 0.2) is 0 Å². The molecule has 2 unspecified atom stereocenters. The van der Waals surface area contributed by atoms with Gasteiger partial charge in [0.05, 0.1) is 19.8 Å². The summed E-state index contributed by atoms with van der Waals surface area (Å²) >= 11 is 0. The molecule has 0 spiro atoms. The minimum absolute atomic E-state index is 0.294. The van der Waals surface area contributed by atoms with E-state index in [4.69, 9.17) is 9.47 Å². The second-order valence-corrected chi connectivity index (χ2v) is 8.67. The van der Waals surface area contributed by atoms with Crippen LogP contribution in [-0.4, -0.2) is 82.1 Å². The third-order valence-electron chi connectivity index (χ3n) is 6.34. The maximum atomic E-state index is 12.7. The monoisotopic (exact) mass is 485 g/mol. The summed E-state index contributed by atoms with van der Waals surface area (Å²) in [6, 6.07) is 6.79. The summed E-state index contributed by atoms with van der Waals surface area (Å²) < 4.78 is 10.0. The van der Waals surface area contributed by atoms with Crippen molar-refractivity contribution in [1.29, 1.82) is 0 Å². The van der Waals surface area contributed by atoms with E-state index in [0.29, 0.717) is 34.8 Å². The lowest BCUT2D eigenvalue weighted by atomic mass is 9.75. The molecular formula is C25H35N5O5. The summed E-state index contributed by atoms with van der Waals surface area (Å²) in [6.45, 7) is 9.01. The first-order valence-electron chi connectivity index (χ1n) is 11.9. The number of ether oxygens (including phenoxy) is 2. The van der Waals surface area contributed by atoms with E-state index < -0.39 is 23.8 Å². The van der Waals surface area contributed by atoms with E-state index >= 15 is 0 Å². The van der Waals surface area contributed by atoms with Crippen LogP contribution in [0.5, 0.6) is 0 Å². The van der Waals surface area contributed by atoms with Crippen LogP contribution in [0.2, 0.25) is 0 Å². The number of amides is 2. The van der Waals surface area contributed by atoms with Crippen molar-refractivity contribution in [3.63, 3.8) is 0 Å². The van der Waals surface area contributed by atoms with Gasteiger partial charge in [-0.1, -0.05) is 12.1 Å². The Balaban J connectivity index is 1.72. The molecule has 2 aliphatic heterocycles. The zero-order valence-corrected chi connectivity index (χ0v) is 20.8. The molecular weight excluding hydrogens is 450 g/mol. The number of nitrogens with zero attached hydrogens (tertiary/aromatic N) is 2. The van der Waals surface area contributed by atoms with Crippen molar-refractivity contribution in [2.75, 3.05) is 58.8 Å². The molecule has 35 heavy (non-hydrogen) atoms. The standard InChI is InChI=1S/C25H35N5O5/c1-16-20(23(31)34-3)22(21(17(2)28-16)24(32)35-4)18-7-5-8-19(15-18)29-25(33)27-9-6-12-30-13-10-26-11-14-30/h5,7-8,15,20,22,26H,6,9-14H2,1-4H3,(H2,27,29,33). The molecule has 2 amide bonds. The van der Waals surface area contributed by atoms with Crippen molar-refractivity contribution < 1.29 is 23.9 Å². The fourth-order valence-corrected chi connectivity index (χ4v) is 4.63. The van der Waals surface area contributed by atoms with E-state index in [-0.39, 0.29) is 6.03 Å². The minimum Gasteiger partial charge on any atom is -0.468 e. The van der Waals surface area contributed by atoms with Crippen molar-refractivity contribution >= 4 is 29.4 Å². The molecule has 2 aliphatic rings. The zero-order valence-electron chi connectivity index (χ0n) is 20.8. The third-order valence-corrected chi connectivity index (χ3v) is 6.34. The fraction of sp³-hybridized carbons (Fsp3) is 0.520. The average molecular weight is 486 g/mol. The Labute approximate surface area is 206 Å². The Morgan fingerprint density at radius 1 is 1.14 bits per heavy atom. The van der Waals surface area contributed by atoms with Gasteiger partial charge in [0, 0.05) is 55.7 Å². The van der Waals surface area contributed by atoms with Crippen LogP contribution in [0.1, 0.15) is 31.7 Å². The van der Waals surface area contributed by atoms with Crippen molar-refractivity contribution in [2.24, 2.45) is 10.9 Å². The Morgan fingerprint density at radius 2 is 1.89 bits per heavy atom. The number of carbonyl (C=O) groups is 3. The predicted molar refractivity (Wildman–Crippen MR) is 133 cm³/mol. The lowest BCUT2D eigenvalue weighted by Crippen LogP contribution is -2.44. The van der Waals surface area contributed by atoms with Crippen LogP contribution in [0, 0.1) is 5.92 Å². The summed E-state index contributed by atoms with van der Waals surface area (Å²) in [6.07, 6.45) is 0.863. The van der Waals surface area contributed by atoms with Gasteiger partial charge in [-0.15, -0.1) is 0 Å². The lowest BCUT2D eigenvalue weighted by molar-refractivity contribution is -0.143. The van der Waals surface area contributed by atoms with Crippen LogP contribution in [0.25, 0.3) is 0 Å². The summed E-state index contributed by atoms with van der Waals surface area (Å²) in [5.74, 6) is -2.49. The number of esters is 2. The quantitative estimate of drug-likeness (QED) is 0.380. The van der Waals surface area contributed by atoms with E-state index in [9.17, 15) is 14.4 Å². The largest absolute Gasteiger partial charge is 0.468 e. The summed E-state index contributed by atoms with van der Waals surface area (Å²) in [5, 5.41) is 9.06. The smallest absolute Gasteiger partial charge is 0.336 e. The van der Waals surface area contributed by atoms with Crippen molar-refractivity contribution in [3.05, 3.63) is 41.1 Å². The van der Waals surface area contributed by atoms with Gasteiger partial charge in [-0.2, -0.15) is 0 Å². The Morgan fingerprint density at radius 3 is 2.57 bits per heavy atom. The predicted octanol–water partition coefficient (Wildman–Crippen LogP) is 1.90. The summed E-state index contributed by atoms with van der Waals surface area (Å²) in [4.78, 5) is 44.6. The maximum Gasteiger partial charge on any atom is 0.336 e. The molecule has 1 fully saturated rings. The molecule has 10 heteroatoms. The van der Waals surface area contributed by atoms with Crippen molar-refractivity contribution in [3.8, 4) is 0 Å². The first kappa shape index (κ1) is 26.4. The molecule has 1 aromatic carbocycles. The molecule has 1 saturated heterocycles. The van der Waals surface area contributed by atoms with Gasteiger partial charge in [0.2, 0.25) is 0 Å². The molecule has 0 aromatic heterocycles. The van der Waals surface area contributed by atoms with Crippen LogP contribution < -0.4 is 16.0 Å². The minimum atomic E-state index is -0.785. The lowest BCUT2D eigenvalue weighted by Gasteiger charge is -2.31. The molecule has 3 rings (SSSR count). The Bertz CT molecular complexity index is 1000. The highest BCUT2D eigenvalue weighted by Gasteiger charge is 2.42. The van der Waals surface area contributed by atoms with Crippen LogP contribution in [0.15, 0.2) is 40.5 Å². The van der Waals surface area contributed by atoms with E-state index in [1.807, 2.05) is 6.07 Å². The number of nitrogens with one attached hydrogen (secondary N) is 3. The summed E-state index contributed by atoms with van der Waals surface area (Å²) in [7, 11) is 2.60. The van der Waals surface area contributed by atoms with E-state index in [0.717, 1.165) is 39.1 Å². The van der Waals surface area contributed by atoms with Gasteiger partial charge in [-0.05, 0) is 44.5 Å². The Hall–Kier alpha value is -3.24. The number of rotatable bonds is 8. The van der Waals surface area contributed by atoms with Gasteiger partial charge in [0.25, 0.3) is 0 Å². The number of hydrogen-bond acceptors (Lipinski definition) is 8. The number of methoxy groups -OCH3 is 2. The van der Waals surface area contributed by atoms with Crippen molar-refractivity contribution in [2.45, 2.75) is 26.2 Å². The van der Waals surface area contributed by atoms with Gasteiger partial charge < -0.3 is 30.3 Å². The third kappa shape index (κ3) is 6.67. The van der Waals surface area contributed by atoms with E-state index in [2.05, 4.69) is 25.8 Å². The number of aliphatic imine (C=N–C) groups is 1.